The van der Waals surface area contributed by atoms with E-state index in [2.05, 4.69) is 20.8 Å². The Hall–Kier alpha value is -1.15. The summed E-state index contributed by atoms with van der Waals surface area (Å²) < 4.78 is 0. The predicted octanol–water partition coefficient (Wildman–Crippen LogP) is 3.68. The molecular formula is C16H25NO. The fraction of sp³-hybridized carbons (Fsp3) is 0.562. The van der Waals surface area contributed by atoms with Gasteiger partial charge in [0.2, 0.25) is 0 Å². The molecule has 0 fully saturated rings. The summed E-state index contributed by atoms with van der Waals surface area (Å²) in [5.74, 6) is 0.175. The number of hydrogen-bond donors (Lipinski definition) is 1. The normalized spacial score (nSPS) is 12.6. The van der Waals surface area contributed by atoms with Crippen LogP contribution in [0, 0.1) is 0 Å². The van der Waals surface area contributed by atoms with Crippen LogP contribution in [-0.4, -0.2) is 11.3 Å². The first-order chi connectivity index (χ1) is 8.09. The molecule has 0 bridgehead atoms. The van der Waals surface area contributed by atoms with E-state index in [4.69, 9.17) is 5.73 Å². The second-order valence-corrected chi connectivity index (χ2v) is 6.74. The Morgan fingerprint density at radius 2 is 1.56 bits per heavy atom. The van der Waals surface area contributed by atoms with Crippen LogP contribution >= 0.6 is 0 Å². The molecule has 2 nitrogen and oxygen atoms in total. The van der Waals surface area contributed by atoms with Crippen molar-refractivity contribution < 1.29 is 4.79 Å². The first kappa shape index (κ1) is 14.9. The lowest BCUT2D eigenvalue weighted by molar-refractivity contribution is 0.0972. The van der Waals surface area contributed by atoms with Crippen molar-refractivity contribution in [3.8, 4) is 0 Å². The summed E-state index contributed by atoms with van der Waals surface area (Å²) in [6.45, 7) is 10.4. The van der Waals surface area contributed by atoms with E-state index < -0.39 is 0 Å². The summed E-state index contributed by atoms with van der Waals surface area (Å²) in [5.41, 5.74) is 7.77. The van der Waals surface area contributed by atoms with E-state index in [9.17, 15) is 4.79 Å². The maximum atomic E-state index is 12.0. The average Bonchev–Trinajstić information content (AvgIpc) is 2.24. The molecule has 0 unspecified atom stereocenters. The minimum Gasteiger partial charge on any atom is -0.326 e. The van der Waals surface area contributed by atoms with Crippen molar-refractivity contribution in [3.05, 3.63) is 35.4 Å². The maximum absolute atomic E-state index is 12.0. The number of nitrogens with two attached hydrogens (primary N) is 1. The number of hydrogen-bond acceptors (Lipinski definition) is 2. The smallest absolute Gasteiger partial charge is 0.162 e. The molecule has 0 aliphatic rings. The fourth-order valence-corrected chi connectivity index (χ4v) is 1.74. The van der Waals surface area contributed by atoms with E-state index in [0.717, 1.165) is 5.56 Å². The monoisotopic (exact) mass is 247 g/mol. The summed E-state index contributed by atoms with van der Waals surface area (Å²) in [6.07, 6.45) is 1.23. The molecule has 1 aromatic carbocycles. The Balaban J connectivity index is 2.71. The van der Waals surface area contributed by atoms with Gasteiger partial charge >= 0.3 is 0 Å². The van der Waals surface area contributed by atoms with Gasteiger partial charge in [0.25, 0.3) is 0 Å². The van der Waals surface area contributed by atoms with Crippen LogP contribution in [0.25, 0.3) is 0 Å². The van der Waals surface area contributed by atoms with E-state index in [0.29, 0.717) is 12.8 Å². The summed E-state index contributed by atoms with van der Waals surface area (Å²) in [7, 11) is 0. The maximum Gasteiger partial charge on any atom is 0.162 e. The third kappa shape index (κ3) is 4.61. The van der Waals surface area contributed by atoms with Gasteiger partial charge in [-0.2, -0.15) is 0 Å². The third-order valence-electron chi connectivity index (χ3n) is 3.07. The van der Waals surface area contributed by atoms with Crippen molar-refractivity contribution in [3.63, 3.8) is 0 Å². The molecule has 0 heterocycles. The molecule has 1 rings (SSSR count). The summed E-state index contributed by atoms with van der Waals surface area (Å²) >= 11 is 0. The number of carbonyl (C=O) groups is 1. The van der Waals surface area contributed by atoms with Gasteiger partial charge in [-0.25, -0.2) is 0 Å². The SMILES string of the molecule is CC(C)(N)CCC(=O)c1ccc(C(C)(C)C)cc1. The number of benzene rings is 1. The first-order valence-corrected chi connectivity index (χ1v) is 6.52. The minimum absolute atomic E-state index is 0.126. The van der Waals surface area contributed by atoms with Crippen LogP contribution in [0.5, 0.6) is 0 Å². The van der Waals surface area contributed by atoms with Crippen LogP contribution in [0.4, 0.5) is 0 Å². The van der Waals surface area contributed by atoms with E-state index in [1.165, 1.54) is 5.56 Å². The molecule has 0 aliphatic heterocycles. The molecular weight excluding hydrogens is 222 g/mol. The second-order valence-electron chi connectivity index (χ2n) is 6.74. The zero-order valence-corrected chi connectivity index (χ0v) is 12.2. The standard InChI is InChI=1S/C16H25NO/c1-15(2,3)13-8-6-12(7-9-13)14(18)10-11-16(4,5)17/h6-9H,10-11,17H2,1-5H3. The average molecular weight is 247 g/mol. The predicted molar refractivity (Wildman–Crippen MR) is 77.0 cm³/mol. The quantitative estimate of drug-likeness (QED) is 0.825. The van der Waals surface area contributed by atoms with Crippen molar-refractivity contribution in [1.82, 2.24) is 0 Å². The van der Waals surface area contributed by atoms with Crippen LogP contribution in [0.3, 0.4) is 0 Å². The minimum atomic E-state index is -0.277. The van der Waals surface area contributed by atoms with Gasteiger partial charge in [-0.3, -0.25) is 4.79 Å². The molecule has 0 aliphatic carbocycles. The molecule has 1 aromatic rings. The summed E-state index contributed by atoms with van der Waals surface area (Å²) in [5, 5.41) is 0. The Morgan fingerprint density at radius 3 is 1.94 bits per heavy atom. The Labute approximate surface area is 111 Å². The molecule has 0 saturated heterocycles. The molecule has 0 aromatic heterocycles. The number of Topliss-reactive ketones (excluding diaryl/α,β-unsaturated/α-hetero) is 1. The summed E-state index contributed by atoms with van der Waals surface area (Å²) in [4.78, 5) is 12.0. The number of carbonyl (C=O) groups excluding carboxylic acids is 1. The van der Waals surface area contributed by atoms with Crippen LogP contribution in [0.1, 0.15) is 63.4 Å². The van der Waals surface area contributed by atoms with Gasteiger partial charge in [0.05, 0.1) is 0 Å². The molecule has 0 saturated carbocycles. The zero-order chi connectivity index (χ0) is 14.0. The van der Waals surface area contributed by atoms with Gasteiger partial charge in [0.1, 0.15) is 0 Å². The topological polar surface area (TPSA) is 43.1 Å². The van der Waals surface area contributed by atoms with Crippen LogP contribution < -0.4 is 5.73 Å². The molecule has 0 atom stereocenters. The van der Waals surface area contributed by atoms with Gasteiger partial charge in [-0.05, 0) is 31.2 Å². The van der Waals surface area contributed by atoms with E-state index in [-0.39, 0.29) is 16.7 Å². The lowest BCUT2D eigenvalue weighted by Crippen LogP contribution is -2.32. The van der Waals surface area contributed by atoms with Crippen LogP contribution in [0.2, 0.25) is 0 Å². The highest BCUT2D eigenvalue weighted by Crippen LogP contribution is 2.22. The van der Waals surface area contributed by atoms with Gasteiger partial charge in [0.15, 0.2) is 5.78 Å². The fourth-order valence-electron chi connectivity index (χ4n) is 1.74. The van der Waals surface area contributed by atoms with Crippen molar-refractivity contribution in [2.24, 2.45) is 5.73 Å². The van der Waals surface area contributed by atoms with Crippen molar-refractivity contribution >= 4 is 5.78 Å². The number of rotatable bonds is 4. The van der Waals surface area contributed by atoms with E-state index in [1.54, 1.807) is 0 Å². The lowest BCUT2D eigenvalue weighted by atomic mass is 9.86. The zero-order valence-electron chi connectivity index (χ0n) is 12.2. The summed E-state index contributed by atoms with van der Waals surface area (Å²) in [6, 6.07) is 7.93. The molecule has 100 valence electrons. The highest BCUT2D eigenvalue weighted by molar-refractivity contribution is 5.96. The Kier molecular flexibility index (Phi) is 4.33. The second kappa shape index (κ2) is 5.23. The lowest BCUT2D eigenvalue weighted by Gasteiger charge is -2.19. The Bertz CT molecular complexity index is 404. The molecule has 0 amide bonds. The van der Waals surface area contributed by atoms with E-state index >= 15 is 0 Å². The van der Waals surface area contributed by atoms with Crippen molar-refractivity contribution in [2.45, 2.75) is 58.4 Å². The van der Waals surface area contributed by atoms with Crippen LogP contribution in [0.15, 0.2) is 24.3 Å². The third-order valence-corrected chi connectivity index (χ3v) is 3.07. The van der Waals surface area contributed by atoms with Gasteiger partial charge < -0.3 is 5.73 Å². The van der Waals surface area contributed by atoms with Crippen molar-refractivity contribution in [1.29, 1.82) is 0 Å². The van der Waals surface area contributed by atoms with Crippen LogP contribution in [-0.2, 0) is 5.41 Å². The largest absolute Gasteiger partial charge is 0.326 e. The Morgan fingerprint density at radius 1 is 1.06 bits per heavy atom. The van der Waals surface area contributed by atoms with E-state index in [1.807, 2.05) is 38.1 Å². The molecule has 0 radical (unpaired) electrons. The molecule has 2 N–H and O–H groups in total. The molecule has 2 heteroatoms. The molecule has 0 spiro atoms. The first-order valence-electron chi connectivity index (χ1n) is 6.52. The number of ketones is 1. The highest BCUT2D eigenvalue weighted by Gasteiger charge is 2.16. The van der Waals surface area contributed by atoms with Gasteiger partial charge in [0, 0.05) is 17.5 Å². The van der Waals surface area contributed by atoms with Crippen molar-refractivity contribution in [2.75, 3.05) is 0 Å². The van der Waals surface area contributed by atoms with Gasteiger partial charge in [-0.1, -0.05) is 45.0 Å². The van der Waals surface area contributed by atoms with Gasteiger partial charge in [-0.15, -0.1) is 0 Å². The highest BCUT2D eigenvalue weighted by atomic mass is 16.1. The molecule has 18 heavy (non-hydrogen) atoms.